The summed E-state index contributed by atoms with van der Waals surface area (Å²) in [5, 5.41) is 3.78. The zero-order valence-corrected chi connectivity index (χ0v) is 15.4. The Kier molecular flexibility index (Phi) is 8.89. The smallest absolute Gasteiger partial charge is 0.00644 e. The lowest BCUT2D eigenvalue weighted by Gasteiger charge is -2.40. The van der Waals surface area contributed by atoms with E-state index in [0.717, 1.165) is 18.5 Å². The van der Waals surface area contributed by atoms with Crippen molar-refractivity contribution >= 4 is 0 Å². The molecule has 1 atom stereocenters. The molecule has 126 valence electrons. The zero-order chi connectivity index (χ0) is 15.7. The topological polar surface area (TPSA) is 15.3 Å². The van der Waals surface area contributed by atoms with Crippen molar-refractivity contribution in [1.29, 1.82) is 0 Å². The van der Waals surface area contributed by atoms with Crippen LogP contribution in [0.15, 0.2) is 0 Å². The quantitative estimate of drug-likeness (QED) is 0.621. The molecule has 0 aromatic rings. The summed E-state index contributed by atoms with van der Waals surface area (Å²) in [5.74, 6) is 0.754. The Hall–Kier alpha value is -0.0800. The van der Waals surface area contributed by atoms with Crippen LogP contribution in [-0.2, 0) is 0 Å². The van der Waals surface area contributed by atoms with Gasteiger partial charge in [0.2, 0.25) is 0 Å². The van der Waals surface area contributed by atoms with E-state index in [4.69, 9.17) is 0 Å². The number of nitrogens with one attached hydrogen (secondary N) is 1. The van der Waals surface area contributed by atoms with Crippen LogP contribution in [0, 0.1) is 11.3 Å². The van der Waals surface area contributed by atoms with E-state index in [1.165, 1.54) is 64.6 Å². The lowest BCUT2D eigenvalue weighted by Crippen LogP contribution is -2.47. The molecule has 0 bridgehead atoms. The van der Waals surface area contributed by atoms with Gasteiger partial charge in [-0.1, -0.05) is 53.4 Å². The first-order valence-corrected chi connectivity index (χ1v) is 9.47. The Bertz CT molecular complexity index is 254. The molecular weight excluding hydrogens is 256 g/mol. The number of nitrogens with zero attached hydrogens (tertiary/aromatic N) is 1. The maximum absolute atomic E-state index is 3.78. The summed E-state index contributed by atoms with van der Waals surface area (Å²) < 4.78 is 0. The highest BCUT2D eigenvalue weighted by molar-refractivity contribution is 4.88. The van der Waals surface area contributed by atoms with Crippen molar-refractivity contribution in [3.63, 3.8) is 0 Å². The van der Waals surface area contributed by atoms with Gasteiger partial charge in [0, 0.05) is 19.1 Å². The van der Waals surface area contributed by atoms with Crippen molar-refractivity contribution in [2.24, 2.45) is 11.3 Å². The van der Waals surface area contributed by atoms with E-state index in [9.17, 15) is 0 Å². The molecule has 21 heavy (non-hydrogen) atoms. The standard InChI is InChI=1S/C19H40N2/c1-6-18(5)21(7-2)16-19(15-20-14-17(3)4)12-10-8-9-11-13-19/h17-18,20H,6-16H2,1-5H3. The van der Waals surface area contributed by atoms with Crippen molar-refractivity contribution in [3.8, 4) is 0 Å². The molecule has 1 fully saturated rings. The minimum atomic E-state index is 0.519. The molecule has 0 heterocycles. The van der Waals surface area contributed by atoms with Crippen LogP contribution in [-0.4, -0.2) is 37.1 Å². The summed E-state index contributed by atoms with van der Waals surface area (Å²) in [4.78, 5) is 2.72. The van der Waals surface area contributed by atoms with E-state index < -0.39 is 0 Å². The molecule has 0 radical (unpaired) electrons. The van der Waals surface area contributed by atoms with Gasteiger partial charge >= 0.3 is 0 Å². The molecule has 1 saturated carbocycles. The SMILES string of the molecule is CCC(C)N(CC)CC1(CNCC(C)C)CCCCCC1. The molecule has 0 amide bonds. The maximum Gasteiger partial charge on any atom is 0.00644 e. The second-order valence-corrected chi connectivity index (χ2v) is 7.76. The summed E-state index contributed by atoms with van der Waals surface area (Å²) >= 11 is 0. The lowest BCUT2D eigenvalue weighted by atomic mass is 9.79. The number of rotatable bonds is 9. The highest BCUT2D eigenvalue weighted by atomic mass is 15.2. The molecule has 2 nitrogen and oxygen atoms in total. The van der Waals surface area contributed by atoms with Crippen molar-refractivity contribution < 1.29 is 0 Å². The highest BCUT2D eigenvalue weighted by Gasteiger charge is 2.33. The summed E-state index contributed by atoms with van der Waals surface area (Å²) in [5.41, 5.74) is 0.519. The minimum absolute atomic E-state index is 0.519. The van der Waals surface area contributed by atoms with Crippen molar-refractivity contribution in [3.05, 3.63) is 0 Å². The summed E-state index contributed by atoms with van der Waals surface area (Å²) in [6, 6.07) is 0.722. The molecule has 0 saturated heterocycles. The predicted octanol–water partition coefficient (Wildman–Crippen LogP) is 4.69. The first kappa shape index (κ1) is 19.0. The average Bonchev–Trinajstić information content (AvgIpc) is 2.69. The Balaban J connectivity index is 2.69. The molecule has 0 aliphatic heterocycles. The molecule has 2 heteroatoms. The number of hydrogen-bond donors (Lipinski definition) is 1. The Labute approximate surface area is 134 Å². The molecule has 0 spiro atoms. The van der Waals surface area contributed by atoms with Crippen LogP contribution < -0.4 is 5.32 Å². The van der Waals surface area contributed by atoms with Gasteiger partial charge in [-0.05, 0) is 50.6 Å². The zero-order valence-electron chi connectivity index (χ0n) is 15.4. The molecule has 1 aliphatic rings. The normalized spacial score (nSPS) is 20.7. The van der Waals surface area contributed by atoms with E-state index in [1.807, 2.05) is 0 Å². The highest BCUT2D eigenvalue weighted by Crippen LogP contribution is 2.36. The fourth-order valence-electron chi connectivity index (χ4n) is 3.76. The summed E-state index contributed by atoms with van der Waals surface area (Å²) in [6.45, 7) is 16.5. The van der Waals surface area contributed by atoms with E-state index in [0.29, 0.717) is 5.41 Å². The first-order valence-electron chi connectivity index (χ1n) is 9.47. The third-order valence-corrected chi connectivity index (χ3v) is 5.38. The Morgan fingerprint density at radius 3 is 2.10 bits per heavy atom. The molecule has 1 rings (SSSR count). The van der Waals surface area contributed by atoms with Gasteiger partial charge in [0.1, 0.15) is 0 Å². The van der Waals surface area contributed by atoms with Crippen LogP contribution in [0.2, 0.25) is 0 Å². The van der Waals surface area contributed by atoms with E-state index in [-0.39, 0.29) is 0 Å². The van der Waals surface area contributed by atoms with Gasteiger partial charge in [-0.15, -0.1) is 0 Å². The van der Waals surface area contributed by atoms with Crippen LogP contribution >= 0.6 is 0 Å². The van der Waals surface area contributed by atoms with Gasteiger partial charge < -0.3 is 10.2 Å². The summed E-state index contributed by atoms with van der Waals surface area (Å²) in [6.07, 6.45) is 9.87. The van der Waals surface area contributed by atoms with E-state index in [2.05, 4.69) is 44.8 Å². The third-order valence-electron chi connectivity index (χ3n) is 5.38. The molecule has 1 N–H and O–H groups in total. The van der Waals surface area contributed by atoms with E-state index in [1.54, 1.807) is 0 Å². The second kappa shape index (κ2) is 9.84. The minimum Gasteiger partial charge on any atom is -0.316 e. The first-order chi connectivity index (χ1) is 10.0. The van der Waals surface area contributed by atoms with Gasteiger partial charge in [-0.25, -0.2) is 0 Å². The molecule has 1 aliphatic carbocycles. The largest absolute Gasteiger partial charge is 0.316 e. The molecule has 0 aromatic carbocycles. The van der Waals surface area contributed by atoms with Gasteiger partial charge in [0.25, 0.3) is 0 Å². The fourth-order valence-corrected chi connectivity index (χ4v) is 3.76. The molecular formula is C19H40N2. The monoisotopic (exact) mass is 296 g/mol. The average molecular weight is 297 g/mol. The van der Waals surface area contributed by atoms with E-state index >= 15 is 0 Å². The van der Waals surface area contributed by atoms with Crippen LogP contribution in [0.25, 0.3) is 0 Å². The van der Waals surface area contributed by atoms with Crippen molar-refractivity contribution in [1.82, 2.24) is 10.2 Å². The Morgan fingerprint density at radius 1 is 1.00 bits per heavy atom. The fraction of sp³-hybridized carbons (Fsp3) is 1.00. The van der Waals surface area contributed by atoms with Crippen LogP contribution in [0.5, 0.6) is 0 Å². The summed E-state index contributed by atoms with van der Waals surface area (Å²) in [7, 11) is 0. The Morgan fingerprint density at radius 2 is 1.62 bits per heavy atom. The van der Waals surface area contributed by atoms with Crippen LogP contribution in [0.1, 0.15) is 79.6 Å². The number of hydrogen-bond acceptors (Lipinski definition) is 2. The van der Waals surface area contributed by atoms with Gasteiger partial charge in [-0.3, -0.25) is 0 Å². The second-order valence-electron chi connectivity index (χ2n) is 7.76. The van der Waals surface area contributed by atoms with Crippen molar-refractivity contribution in [2.75, 3.05) is 26.2 Å². The molecule has 0 aromatic heterocycles. The van der Waals surface area contributed by atoms with Crippen LogP contribution in [0.3, 0.4) is 0 Å². The van der Waals surface area contributed by atoms with Gasteiger partial charge in [-0.2, -0.15) is 0 Å². The maximum atomic E-state index is 3.78. The van der Waals surface area contributed by atoms with Gasteiger partial charge in [0.15, 0.2) is 0 Å². The van der Waals surface area contributed by atoms with Gasteiger partial charge in [0.05, 0.1) is 0 Å². The lowest BCUT2D eigenvalue weighted by molar-refractivity contribution is 0.1000. The van der Waals surface area contributed by atoms with Crippen molar-refractivity contribution in [2.45, 2.75) is 85.6 Å². The third kappa shape index (κ3) is 6.69. The predicted molar refractivity (Wildman–Crippen MR) is 94.8 cm³/mol. The van der Waals surface area contributed by atoms with Crippen LogP contribution in [0.4, 0.5) is 0 Å². The molecule has 1 unspecified atom stereocenters.